The molecular formula is C22H26N2O5. The van der Waals surface area contributed by atoms with Crippen LogP contribution in [0.2, 0.25) is 0 Å². The number of hydrogen-bond acceptors (Lipinski definition) is 5. The number of amides is 2. The molecule has 0 fully saturated rings. The van der Waals surface area contributed by atoms with Gasteiger partial charge in [0.05, 0.1) is 13.2 Å². The highest BCUT2D eigenvalue weighted by Crippen LogP contribution is 2.16. The maximum absolute atomic E-state index is 12.1. The number of nitrogens with one attached hydrogen (secondary N) is 2. The molecule has 2 aromatic carbocycles. The second-order valence-corrected chi connectivity index (χ2v) is 6.71. The third-order valence-corrected chi connectivity index (χ3v) is 4.50. The van der Waals surface area contributed by atoms with Gasteiger partial charge in [-0.05, 0) is 55.7 Å². The quantitative estimate of drug-likeness (QED) is 0.666. The largest absolute Gasteiger partial charge is 0.497 e. The van der Waals surface area contributed by atoms with Gasteiger partial charge in [0.2, 0.25) is 0 Å². The average molecular weight is 398 g/mol. The molecule has 1 atom stereocenters. The van der Waals surface area contributed by atoms with Crippen molar-refractivity contribution in [2.24, 2.45) is 0 Å². The van der Waals surface area contributed by atoms with Crippen molar-refractivity contribution < 1.29 is 23.9 Å². The maximum Gasteiger partial charge on any atom is 0.325 e. The number of esters is 1. The minimum Gasteiger partial charge on any atom is -0.497 e. The van der Waals surface area contributed by atoms with Crippen LogP contribution in [-0.4, -0.2) is 38.0 Å². The zero-order valence-corrected chi connectivity index (χ0v) is 17.1. The number of benzene rings is 2. The Morgan fingerprint density at radius 2 is 1.79 bits per heavy atom. The smallest absolute Gasteiger partial charge is 0.325 e. The van der Waals surface area contributed by atoms with Crippen LogP contribution < -0.4 is 15.4 Å². The first-order chi connectivity index (χ1) is 13.8. The minimum absolute atomic E-state index is 0.215. The molecule has 1 unspecified atom stereocenters. The van der Waals surface area contributed by atoms with E-state index in [1.807, 2.05) is 39.0 Å². The Labute approximate surface area is 170 Å². The lowest BCUT2D eigenvalue weighted by molar-refractivity contribution is -0.147. The molecule has 154 valence electrons. The van der Waals surface area contributed by atoms with Crippen molar-refractivity contribution >= 4 is 17.8 Å². The summed E-state index contributed by atoms with van der Waals surface area (Å²) in [6, 6.07) is 12.3. The van der Waals surface area contributed by atoms with Crippen LogP contribution in [-0.2, 0) is 14.3 Å². The van der Waals surface area contributed by atoms with E-state index in [-0.39, 0.29) is 12.6 Å². The molecule has 29 heavy (non-hydrogen) atoms. The van der Waals surface area contributed by atoms with Crippen LogP contribution in [0.4, 0.5) is 0 Å². The van der Waals surface area contributed by atoms with Gasteiger partial charge >= 0.3 is 5.97 Å². The van der Waals surface area contributed by atoms with E-state index in [4.69, 9.17) is 9.47 Å². The number of methoxy groups -OCH3 is 1. The number of rotatable bonds is 8. The molecule has 0 aliphatic heterocycles. The Morgan fingerprint density at radius 3 is 2.48 bits per heavy atom. The Balaban J connectivity index is 1.75. The number of carbonyl (C=O) groups excluding carboxylic acids is 3. The number of hydrogen-bond donors (Lipinski definition) is 2. The van der Waals surface area contributed by atoms with E-state index in [1.54, 1.807) is 24.3 Å². The molecule has 7 heteroatoms. The fourth-order valence-corrected chi connectivity index (χ4v) is 2.62. The van der Waals surface area contributed by atoms with Gasteiger partial charge in [0, 0.05) is 5.56 Å². The first kappa shape index (κ1) is 21.9. The lowest BCUT2D eigenvalue weighted by Gasteiger charge is -2.16. The predicted molar refractivity (Wildman–Crippen MR) is 109 cm³/mol. The van der Waals surface area contributed by atoms with Crippen LogP contribution in [0.3, 0.4) is 0 Å². The second kappa shape index (κ2) is 10.3. The third-order valence-electron chi connectivity index (χ3n) is 4.50. The van der Waals surface area contributed by atoms with E-state index in [0.717, 1.165) is 11.1 Å². The van der Waals surface area contributed by atoms with Crippen LogP contribution in [0.15, 0.2) is 42.5 Å². The topological polar surface area (TPSA) is 93.7 Å². The summed E-state index contributed by atoms with van der Waals surface area (Å²) in [6.45, 7) is 5.14. The highest BCUT2D eigenvalue weighted by Gasteiger charge is 2.14. The van der Waals surface area contributed by atoms with Crippen molar-refractivity contribution in [3.63, 3.8) is 0 Å². The molecule has 0 heterocycles. The molecule has 2 N–H and O–H groups in total. The molecule has 0 radical (unpaired) electrons. The molecule has 2 amide bonds. The molecule has 0 saturated heterocycles. The fourth-order valence-electron chi connectivity index (χ4n) is 2.62. The predicted octanol–water partition coefficient (Wildman–Crippen LogP) is 2.46. The molecule has 2 aromatic rings. The second-order valence-electron chi connectivity index (χ2n) is 6.71. The summed E-state index contributed by atoms with van der Waals surface area (Å²) < 4.78 is 9.98. The Kier molecular flexibility index (Phi) is 7.77. The highest BCUT2D eigenvalue weighted by atomic mass is 16.5. The van der Waals surface area contributed by atoms with Crippen LogP contribution in [0.1, 0.15) is 40.0 Å². The van der Waals surface area contributed by atoms with Crippen molar-refractivity contribution in [3.05, 3.63) is 64.7 Å². The molecule has 0 saturated carbocycles. The van der Waals surface area contributed by atoms with E-state index in [2.05, 4.69) is 10.6 Å². The summed E-state index contributed by atoms with van der Waals surface area (Å²) in [4.78, 5) is 35.9. The van der Waals surface area contributed by atoms with Crippen molar-refractivity contribution in [2.45, 2.75) is 26.8 Å². The lowest BCUT2D eigenvalue weighted by atomic mass is 10.0. The summed E-state index contributed by atoms with van der Waals surface area (Å²) in [5.41, 5.74) is 3.65. The van der Waals surface area contributed by atoms with Crippen molar-refractivity contribution in [1.29, 1.82) is 0 Å². The fraction of sp³-hybridized carbons (Fsp3) is 0.318. The molecule has 0 spiro atoms. The van der Waals surface area contributed by atoms with E-state index >= 15 is 0 Å². The van der Waals surface area contributed by atoms with E-state index in [1.165, 1.54) is 12.7 Å². The van der Waals surface area contributed by atoms with Gasteiger partial charge in [-0.1, -0.05) is 24.3 Å². The van der Waals surface area contributed by atoms with Crippen LogP contribution in [0.25, 0.3) is 0 Å². The summed E-state index contributed by atoms with van der Waals surface area (Å²) in [5, 5.41) is 5.24. The van der Waals surface area contributed by atoms with Crippen molar-refractivity contribution in [3.8, 4) is 5.75 Å². The lowest BCUT2D eigenvalue weighted by Crippen LogP contribution is -2.34. The SMILES string of the molecule is COc1cccc(C(=O)NCC(=O)OCC(=O)NC(C)c2ccc(C)c(C)c2)c1. The zero-order chi connectivity index (χ0) is 21.4. The highest BCUT2D eigenvalue weighted by molar-refractivity contribution is 5.96. The van der Waals surface area contributed by atoms with Gasteiger partial charge in [-0.25, -0.2) is 0 Å². The molecule has 2 rings (SSSR count). The monoisotopic (exact) mass is 398 g/mol. The number of ether oxygens (including phenoxy) is 2. The van der Waals surface area contributed by atoms with E-state index in [0.29, 0.717) is 11.3 Å². The van der Waals surface area contributed by atoms with Gasteiger partial charge in [-0.15, -0.1) is 0 Å². The summed E-state index contributed by atoms with van der Waals surface area (Å²) in [7, 11) is 1.50. The zero-order valence-electron chi connectivity index (χ0n) is 17.1. The molecule has 0 bridgehead atoms. The van der Waals surface area contributed by atoms with Gasteiger partial charge in [0.1, 0.15) is 12.3 Å². The van der Waals surface area contributed by atoms with Gasteiger partial charge in [0.25, 0.3) is 11.8 Å². The minimum atomic E-state index is -0.699. The Morgan fingerprint density at radius 1 is 1.03 bits per heavy atom. The van der Waals surface area contributed by atoms with Gasteiger partial charge in [-0.2, -0.15) is 0 Å². The molecule has 0 aromatic heterocycles. The summed E-state index contributed by atoms with van der Waals surface area (Å²) >= 11 is 0. The Hall–Kier alpha value is -3.35. The van der Waals surface area contributed by atoms with Crippen LogP contribution in [0.5, 0.6) is 5.75 Å². The van der Waals surface area contributed by atoms with Gasteiger partial charge < -0.3 is 20.1 Å². The van der Waals surface area contributed by atoms with Crippen molar-refractivity contribution in [1.82, 2.24) is 10.6 Å². The van der Waals surface area contributed by atoms with Crippen molar-refractivity contribution in [2.75, 3.05) is 20.3 Å². The average Bonchev–Trinajstić information content (AvgIpc) is 2.72. The first-order valence-corrected chi connectivity index (χ1v) is 9.24. The molecule has 0 aliphatic rings. The summed E-state index contributed by atoms with van der Waals surface area (Å²) in [5.74, 6) is -1.01. The number of carbonyl (C=O) groups is 3. The molecule has 0 aliphatic carbocycles. The maximum atomic E-state index is 12.1. The Bertz CT molecular complexity index is 895. The number of aryl methyl sites for hydroxylation is 2. The normalized spacial score (nSPS) is 11.3. The molecule has 7 nitrogen and oxygen atoms in total. The first-order valence-electron chi connectivity index (χ1n) is 9.24. The standard InChI is InChI=1S/C22H26N2O5/c1-14-8-9-17(10-15(14)2)16(3)24-20(25)13-29-21(26)12-23-22(27)18-6-5-7-19(11-18)28-4/h5-11,16H,12-13H2,1-4H3,(H,23,27)(H,24,25). The van der Waals surface area contributed by atoms with Crippen LogP contribution in [0, 0.1) is 13.8 Å². The van der Waals surface area contributed by atoms with E-state index in [9.17, 15) is 14.4 Å². The van der Waals surface area contributed by atoms with E-state index < -0.39 is 24.4 Å². The third kappa shape index (κ3) is 6.64. The van der Waals surface area contributed by atoms with Crippen LogP contribution >= 0.6 is 0 Å². The van der Waals surface area contributed by atoms with Gasteiger partial charge in [-0.3, -0.25) is 14.4 Å². The molecular weight excluding hydrogens is 372 g/mol. The summed E-state index contributed by atoms with van der Waals surface area (Å²) in [6.07, 6.45) is 0. The van der Waals surface area contributed by atoms with Gasteiger partial charge in [0.15, 0.2) is 6.61 Å².